The predicted octanol–water partition coefficient (Wildman–Crippen LogP) is 1.33. The first kappa shape index (κ1) is 14.6. The molecule has 1 aromatic heterocycles. The third kappa shape index (κ3) is 3.78. The molecule has 0 radical (unpaired) electrons. The zero-order chi connectivity index (χ0) is 13.6. The van der Waals surface area contributed by atoms with Crippen molar-refractivity contribution in [3.8, 4) is 0 Å². The van der Waals surface area contributed by atoms with Crippen molar-refractivity contribution in [1.82, 2.24) is 10.1 Å². The highest BCUT2D eigenvalue weighted by atomic mass is 16.5. The monoisotopic (exact) mass is 258 g/mol. The summed E-state index contributed by atoms with van der Waals surface area (Å²) in [4.78, 5) is 14.4. The van der Waals surface area contributed by atoms with Crippen molar-refractivity contribution >= 4 is 5.97 Å². The summed E-state index contributed by atoms with van der Waals surface area (Å²) in [5.41, 5.74) is -0.594. The molecule has 0 spiro atoms. The van der Waals surface area contributed by atoms with E-state index < -0.39 is 18.2 Å². The van der Waals surface area contributed by atoms with Crippen LogP contribution in [0.5, 0.6) is 0 Å². The highest BCUT2D eigenvalue weighted by Gasteiger charge is 2.30. The van der Waals surface area contributed by atoms with E-state index in [1.165, 1.54) is 0 Å². The molecular formula is C11H18N2O5. The molecule has 0 aliphatic carbocycles. The molecule has 0 aromatic carbocycles. The van der Waals surface area contributed by atoms with Gasteiger partial charge in [0, 0.05) is 6.61 Å². The number of aliphatic carboxylic acids is 1. The normalized spacial score (nSPS) is 14.4. The average molecular weight is 258 g/mol. The predicted molar refractivity (Wildman–Crippen MR) is 60.9 cm³/mol. The number of hydrogen-bond acceptors (Lipinski definition) is 6. The number of ether oxygens (including phenoxy) is 2. The van der Waals surface area contributed by atoms with E-state index in [9.17, 15) is 4.79 Å². The van der Waals surface area contributed by atoms with E-state index in [0.29, 0.717) is 18.9 Å². The van der Waals surface area contributed by atoms with Gasteiger partial charge in [-0.3, -0.25) is 0 Å². The lowest BCUT2D eigenvalue weighted by molar-refractivity contribution is -0.142. The van der Waals surface area contributed by atoms with Crippen LogP contribution in [0.2, 0.25) is 0 Å². The van der Waals surface area contributed by atoms with Crippen LogP contribution in [0.1, 0.15) is 38.9 Å². The van der Waals surface area contributed by atoms with Gasteiger partial charge in [-0.05, 0) is 20.3 Å². The maximum absolute atomic E-state index is 10.3. The van der Waals surface area contributed by atoms with Crippen LogP contribution in [0, 0.1) is 0 Å². The summed E-state index contributed by atoms with van der Waals surface area (Å²) in [6.07, 6.45) is 0.704. The van der Waals surface area contributed by atoms with Gasteiger partial charge in [-0.15, -0.1) is 0 Å². The van der Waals surface area contributed by atoms with Gasteiger partial charge in [-0.1, -0.05) is 12.1 Å². The zero-order valence-corrected chi connectivity index (χ0v) is 10.8. The quantitative estimate of drug-likeness (QED) is 0.751. The van der Waals surface area contributed by atoms with Crippen molar-refractivity contribution in [1.29, 1.82) is 0 Å². The van der Waals surface area contributed by atoms with E-state index in [4.69, 9.17) is 19.1 Å². The van der Waals surface area contributed by atoms with Crippen molar-refractivity contribution in [2.75, 3.05) is 13.2 Å². The molecule has 0 fully saturated rings. The molecular weight excluding hydrogens is 240 g/mol. The maximum atomic E-state index is 10.3. The molecule has 1 rings (SSSR count). The van der Waals surface area contributed by atoms with Crippen LogP contribution in [0.25, 0.3) is 0 Å². The fourth-order valence-corrected chi connectivity index (χ4v) is 1.40. The van der Waals surface area contributed by atoms with E-state index in [-0.39, 0.29) is 12.5 Å². The molecule has 18 heavy (non-hydrogen) atoms. The molecule has 0 saturated heterocycles. The molecule has 0 aliphatic rings. The smallest absolute Gasteiger partial charge is 0.329 e. The summed E-state index contributed by atoms with van der Waals surface area (Å²) in [5, 5.41) is 12.3. The van der Waals surface area contributed by atoms with E-state index in [1.54, 1.807) is 0 Å². The molecule has 1 unspecified atom stereocenters. The minimum atomic E-state index is -1.04. The Morgan fingerprint density at radius 1 is 1.50 bits per heavy atom. The fourth-order valence-electron chi connectivity index (χ4n) is 1.40. The van der Waals surface area contributed by atoms with Gasteiger partial charge in [-0.2, -0.15) is 4.98 Å². The first-order valence-corrected chi connectivity index (χ1v) is 5.78. The summed E-state index contributed by atoms with van der Waals surface area (Å²) < 4.78 is 15.4. The number of carboxylic acid groups (broad SMARTS) is 1. The molecule has 7 nitrogen and oxygen atoms in total. The Kier molecular flexibility index (Phi) is 5.24. The number of nitrogens with zero attached hydrogens (tertiary/aromatic N) is 2. The third-order valence-corrected chi connectivity index (χ3v) is 2.53. The van der Waals surface area contributed by atoms with Crippen molar-refractivity contribution in [3.05, 3.63) is 11.7 Å². The number of carboxylic acids is 1. The highest BCUT2D eigenvalue weighted by molar-refractivity contribution is 5.67. The van der Waals surface area contributed by atoms with Gasteiger partial charge < -0.3 is 19.1 Å². The summed E-state index contributed by atoms with van der Waals surface area (Å²) in [7, 11) is 0. The van der Waals surface area contributed by atoms with E-state index in [1.807, 2.05) is 20.8 Å². The maximum Gasteiger partial charge on any atom is 0.329 e. The Hall–Kier alpha value is -1.47. The number of hydrogen-bond donors (Lipinski definition) is 1. The number of rotatable bonds is 8. The van der Waals surface area contributed by atoms with Crippen LogP contribution in [0.3, 0.4) is 0 Å². The molecule has 1 N–H and O–H groups in total. The molecule has 0 aliphatic heterocycles. The van der Waals surface area contributed by atoms with Crippen LogP contribution in [-0.2, 0) is 26.5 Å². The van der Waals surface area contributed by atoms with Gasteiger partial charge in [0.25, 0.3) is 5.89 Å². The fraction of sp³-hybridized carbons (Fsp3) is 0.727. The zero-order valence-electron chi connectivity index (χ0n) is 10.8. The molecule has 0 bridgehead atoms. The molecule has 1 atom stereocenters. The largest absolute Gasteiger partial charge is 0.480 e. The Morgan fingerprint density at radius 3 is 2.78 bits per heavy atom. The molecule has 0 saturated carbocycles. The van der Waals surface area contributed by atoms with Crippen LogP contribution in [0.4, 0.5) is 0 Å². The van der Waals surface area contributed by atoms with Crippen LogP contribution < -0.4 is 0 Å². The second-order valence-electron chi connectivity index (χ2n) is 3.92. The Balaban J connectivity index is 2.64. The van der Waals surface area contributed by atoms with Crippen molar-refractivity contribution < 1.29 is 23.9 Å². The lowest BCUT2D eigenvalue weighted by atomic mass is 10.0. The van der Waals surface area contributed by atoms with Crippen LogP contribution in [-0.4, -0.2) is 34.4 Å². The minimum absolute atomic E-state index is 0.0226. The van der Waals surface area contributed by atoms with Crippen molar-refractivity contribution in [2.24, 2.45) is 0 Å². The van der Waals surface area contributed by atoms with E-state index in [2.05, 4.69) is 10.1 Å². The minimum Gasteiger partial charge on any atom is -0.480 e. The summed E-state index contributed by atoms with van der Waals surface area (Å²) in [6, 6.07) is 0. The molecule has 1 aromatic rings. The van der Waals surface area contributed by atoms with E-state index in [0.717, 1.165) is 0 Å². The van der Waals surface area contributed by atoms with Gasteiger partial charge in [0.15, 0.2) is 0 Å². The summed E-state index contributed by atoms with van der Waals surface area (Å²) >= 11 is 0. The third-order valence-electron chi connectivity index (χ3n) is 2.53. The van der Waals surface area contributed by atoms with Gasteiger partial charge >= 0.3 is 5.97 Å². The number of carbonyl (C=O) groups is 1. The van der Waals surface area contributed by atoms with Gasteiger partial charge in [-0.25, -0.2) is 4.79 Å². The second-order valence-corrected chi connectivity index (χ2v) is 3.92. The second kappa shape index (κ2) is 6.46. The molecule has 1 heterocycles. The van der Waals surface area contributed by atoms with Gasteiger partial charge in [0.2, 0.25) is 5.82 Å². The van der Waals surface area contributed by atoms with Gasteiger partial charge in [0.05, 0.1) is 0 Å². The first-order chi connectivity index (χ1) is 8.51. The highest BCUT2D eigenvalue weighted by Crippen LogP contribution is 2.26. The summed E-state index contributed by atoms with van der Waals surface area (Å²) in [5.74, 6) is -0.353. The Morgan fingerprint density at radius 2 is 2.22 bits per heavy atom. The topological polar surface area (TPSA) is 94.7 Å². The standard InChI is InChI=1S/C11H18N2O5/c1-4-11(3,17-5-2)10-12-8(18-13-10)6-16-7-9(14)15/h4-7H2,1-3H3,(H,14,15). The molecule has 102 valence electrons. The molecule has 7 heteroatoms. The first-order valence-electron chi connectivity index (χ1n) is 5.78. The Bertz CT molecular complexity index is 393. The summed E-state index contributed by atoms with van der Waals surface area (Å²) in [6.45, 7) is 5.86. The lowest BCUT2D eigenvalue weighted by Crippen LogP contribution is -2.26. The number of aromatic nitrogens is 2. The van der Waals surface area contributed by atoms with Crippen LogP contribution >= 0.6 is 0 Å². The lowest BCUT2D eigenvalue weighted by Gasteiger charge is -2.23. The van der Waals surface area contributed by atoms with Crippen molar-refractivity contribution in [3.63, 3.8) is 0 Å². The van der Waals surface area contributed by atoms with Crippen LogP contribution in [0.15, 0.2) is 4.52 Å². The Labute approximate surface area is 105 Å². The average Bonchev–Trinajstić information content (AvgIpc) is 2.78. The van der Waals surface area contributed by atoms with Crippen molar-refractivity contribution in [2.45, 2.75) is 39.4 Å². The SMILES string of the molecule is CCOC(C)(CC)c1noc(COCC(=O)O)n1. The van der Waals surface area contributed by atoms with Gasteiger partial charge in [0.1, 0.15) is 18.8 Å². The van der Waals surface area contributed by atoms with E-state index >= 15 is 0 Å². The molecule has 0 amide bonds.